The molecule has 2 amide bonds. The van der Waals surface area contributed by atoms with Gasteiger partial charge in [-0.2, -0.15) is 0 Å². The first kappa shape index (κ1) is 14.2. The van der Waals surface area contributed by atoms with E-state index in [2.05, 4.69) is 11.9 Å². The van der Waals surface area contributed by atoms with E-state index in [0.29, 0.717) is 6.54 Å². The summed E-state index contributed by atoms with van der Waals surface area (Å²) in [5.74, 6) is -2.86. The average molecular weight is 280 g/mol. The van der Waals surface area contributed by atoms with Crippen molar-refractivity contribution >= 4 is 11.8 Å². The lowest BCUT2D eigenvalue weighted by Gasteiger charge is -2.38. The minimum Gasteiger partial charge on any atom is -0.352 e. The second kappa shape index (κ2) is 5.81. The molecule has 0 saturated carbocycles. The van der Waals surface area contributed by atoms with Crippen LogP contribution < -0.4 is 5.32 Å². The van der Waals surface area contributed by atoms with Crippen LogP contribution in [0.1, 0.15) is 10.4 Å². The lowest BCUT2D eigenvalue weighted by Crippen LogP contribution is -2.55. The fourth-order valence-corrected chi connectivity index (χ4v) is 1.94. The second-order valence-corrected chi connectivity index (χ2v) is 4.57. The monoisotopic (exact) mass is 280 g/mol. The minimum atomic E-state index is -1.06. The Kier molecular flexibility index (Phi) is 4.12. The summed E-state index contributed by atoms with van der Waals surface area (Å²) in [5, 5.41) is 2.65. The third-order valence-corrected chi connectivity index (χ3v) is 3.13. The molecular weight excluding hydrogens is 266 g/mol. The topological polar surface area (TPSA) is 49.4 Å². The number of hydrogen-bond acceptors (Lipinski definition) is 2. The van der Waals surface area contributed by atoms with Crippen LogP contribution in [-0.2, 0) is 4.79 Å². The molecule has 6 heteroatoms. The van der Waals surface area contributed by atoms with Crippen LogP contribution in [0.4, 0.5) is 8.78 Å². The zero-order valence-corrected chi connectivity index (χ0v) is 10.7. The molecule has 1 saturated heterocycles. The van der Waals surface area contributed by atoms with Gasteiger partial charge in [-0.1, -0.05) is 6.08 Å². The predicted molar refractivity (Wildman–Crippen MR) is 69.0 cm³/mol. The summed E-state index contributed by atoms with van der Waals surface area (Å²) in [6.45, 7) is 4.43. The Labute approximate surface area is 115 Å². The molecule has 20 heavy (non-hydrogen) atoms. The van der Waals surface area contributed by atoms with E-state index in [1.807, 2.05) is 0 Å². The molecule has 0 bridgehead atoms. The normalized spacial score (nSPS) is 14.6. The average Bonchev–Trinajstić information content (AvgIpc) is 2.37. The van der Waals surface area contributed by atoms with Crippen LogP contribution in [-0.4, -0.2) is 36.3 Å². The van der Waals surface area contributed by atoms with Gasteiger partial charge in [-0.3, -0.25) is 9.59 Å². The van der Waals surface area contributed by atoms with E-state index in [-0.39, 0.29) is 30.5 Å². The third-order valence-electron chi connectivity index (χ3n) is 3.13. The smallest absolute Gasteiger partial charge is 0.254 e. The number of halogens is 2. The van der Waals surface area contributed by atoms with Gasteiger partial charge in [0.1, 0.15) is 0 Å². The largest absolute Gasteiger partial charge is 0.352 e. The Morgan fingerprint density at radius 2 is 2.05 bits per heavy atom. The van der Waals surface area contributed by atoms with E-state index in [1.165, 1.54) is 11.0 Å². The number of carbonyl (C=O) groups excluding carboxylic acids is 2. The van der Waals surface area contributed by atoms with E-state index in [9.17, 15) is 18.4 Å². The van der Waals surface area contributed by atoms with Gasteiger partial charge in [0.15, 0.2) is 11.6 Å². The highest BCUT2D eigenvalue weighted by atomic mass is 19.2. The molecule has 0 aliphatic carbocycles. The van der Waals surface area contributed by atoms with Crippen molar-refractivity contribution in [1.82, 2.24) is 10.2 Å². The highest BCUT2D eigenvalue weighted by Crippen LogP contribution is 2.20. The molecule has 1 heterocycles. The number of amides is 2. The Hall–Kier alpha value is -2.24. The summed E-state index contributed by atoms with van der Waals surface area (Å²) in [7, 11) is 0. The number of nitrogens with zero attached hydrogens (tertiary/aromatic N) is 1. The molecule has 4 nitrogen and oxygen atoms in total. The van der Waals surface area contributed by atoms with Gasteiger partial charge in [0.25, 0.3) is 5.91 Å². The first-order valence-electron chi connectivity index (χ1n) is 6.16. The molecule has 1 aromatic rings. The Morgan fingerprint density at radius 1 is 1.35 bits per heavy atom. The van der Waals surface area contributed by atoms with Gasteiger partial charge in [0, 0.05) is 25.2 Å². The Morgan fingerprint density at radius 3 is 2.65 bits per heavy atom. The van der Waals surface area contributed by atoms with Crippen molar-refractivity contribution in [3.8, 4) is 0 Å². The maximum absolute atomic E-state index is 13.0. The molecule has 106 valence electrons. The number of nitrogens with one attached hydrogen (secondary N) is 1. The predicted octanol–water partition coefficient (Wildman–Crippen LogP) is 1.34. The van der Waals surface area contributed by atoms with Crippen molar-refractivity contribution in [2.24, 2.45) is 5.92 Å². The molecule has 0 radical (unpaired) electrons. The quantitative estimate of drug-likeness (QED) is 0.846. The lowest BCUT2D eigenvalue weighted by atomic mass is 9.98. The van der Waals surface area contributed by atoms with Gasteiger partial charge in [-0.25, -0.2) is 8.78 Å². The molecule has 1 aliphatic heterocycles. The van der Waals surface area contributed by atoms with Crippen molar-refractivity contribution < 1.29 is 18.4 Å². The minimum absolute atomic E-state index is 0.0776. The van der Waals surface area contributed by atoms with Crippen LogP contribution in [0.5, 0.6) is 0 Å². The summed E-state index contributed by atoms with van der Waals surface area (Å²) in [6.07, 6.45) is 1.57. The van der Waals surface area contributed by atoms with Crippen molar-refractivity contribution in [2.45, 2.75) is 0 Å². The fourth-order valence-electron chi connectivity index (χ4n) is 1.94. The standard InChI is InChI=1S/C14H14F2N2O2/c1-2-5-17-13(19)10-7-18(8-10)14(20)9-3-4-11(15)12(16)6-9/h2-4,6,10H,1,5,7-8H2,(H,17,19). The van der Waals surface area contributed by atoms with Crippen molar-refractivity contribution in [2.75, 3.05) is 19.6 Å². The molecule has 1 N–H and O–H groups in total. The summed E-state index contributed by atoms with van der Waals surface area (Å²) >= 11 is 0. The second-order valence-electron chi connectivity index (χ2n) is 4.57. The van der Waals surface area contributed by atoms with Gasteiger partial charge < -0.3 is 10.2 Å². The molecule has 2 rings (SSSR count). The number of benzene rings is 1. The molecule has 0 atom stereocenters. The number of carbonyl (C=O) groups is 2. The highest BCUT2D eigenvalue weighted by molar-refractivity contribution is 5.96. The first-order chi connectivity index (χ1) is 9.52. The van der Waals surface area contributed by atoms with Crippen molar-refractivity contribution in [3.63, 3.8) is 0 Å². The van der Waals surface area contributed by atoms with Crippen LogP contribution in [0.3, 0.4) is 0 Å². The summed E-state index contributed by atoms with van der Waals surface area (Å²) in [6, 6.07) is 3.01. The zero-order valence-electron chi connectivity index (χ0n) is 10.7. The maximum Gasteiger partial charge on any atom is 0.254 e. The molecule has 0 unspecified atom stereocenters. The summed E-state index contributed by atoms with van der Waals surface area (Å²) in [4.78, 5) is 25.0. The highest BCUT2D eigenvalue weighted by Gasteiger charge is 2.35. The van der Waals surface area contributed by atoms with Crippen LogP contribution in [0.25, 0.3) is 0 Å². The number of likely N-dealkylation sites (tertiary alicyclic amines) is 1. The Balaban J connectivity index is 1.92. The van der Waals surface area contributed by atoms with Gasteiger partial charge in [-0.15, -0.1) is 6.58 Å². The van der Waals surface area contributed by atoms with E-state index >= 15 is 0 Å². The molecule has 1 aliphatic rings. The van der Waals surface area contributed by atoms with Gasteiger partial charge in [0.05, 0.1) is 5.92 Å². The van der Waals surface area contributed by atoms with Crippen LogP contribution >= 0.6 is 0 Å². The van der Waals surface area contributed by atoms with Gasteiger partial charge in [-0.05, 0) is 18.2 Å². The molecule has 0 spiro atoms. The molecule has 1 fully saturated rings. The van der Waals surface area contributed by atoms with Crippen molar-refractivity contribution in [3.05, 3.63) is 48.1 Å². The van der Waals surface area contributed by atoms with Crippen LogP contribution in [0.2, 0.25) is 0 Å². The van der Waals surface area contributed by atoms with Crippen molar-refractivity contribution in [1.29, 1.82) is 0 Å². The fraction of sp³-hybridized carbons (Fsp3) is 0.286. The van der Waals surface area contributed by atoms with Gasteiger partial charge >= 0.3 is 0 Å². The Bertz CT molecular complexity index is 554. The van der Waals surface area contributed by atoms with E-state index in [0.717, 1.165) is 12.1 Å². The van der Waals surface area contributed by atoms with E-state index in [4.69, 9.17) is 0 Å². The molecule has 0 aromatic heterocycles. The maximum atomic E-state index is 13.0. The van der Waals surface area contributed by atoms with E-state index in [1.54, 1.807) is 6.08 Å². The summed E-state index contributed by atoms with van der Waals surface area (Å²) < 4.78 is 25.8. The van der Waals surface area contributed by atoms with E-state index < -0.39 is 17.5 Å². The van der Waals surface area contributed by atoms with Crippen LogP contribution in [0.15, 0.2) is 30.9 Å². The molecular formula is C14H14F2N2O2. The third kappa shape index (κ3) is 2.84. The SMILES string of the molecule is C=CCNC(=O)C1CN(C(=O)c2ccc(F)c(F)c2)C1. The zero-order chi connectivity index (χ0) is 14.7. The summed E-state index contributed by atoms with van der Waals surface area (Å²) in [5.41, 5.74) is 0.0776. The first-order valence-corrected chi connectivity index (χ1v) is 6.16. The molecule has 1 aromatic carbocycles. The van der Waals surface area contributed by atoms with Gasteiger partial charge in [0.2, 0.25) is 5.91 Å². The number of hydrogen-bond donors (Lipinski definition) is 1. The van der Waals surface area contributed by atoms with Crippen LogP contribution in [0, 0.1) is 17.6 Å². The lowest BCUT2D eigenvalue weighted by molar-refractivity contribution is -0.128. The number of rotatable bonds is 4.